The molecule has 0 saturated heterocycles. The fourth-order valence-electron chi connectivity index (χ4n) is 1.49. The van der Waals surface area contributed by atoms with E-state index in [4.69, 9.17) is 10.5 Å². The number of rotatable bonds is 4. The second-order valence-electron chi connectivity index (χ2n) is 3.72. The second kappa shape index (κ2) is 5.44. The third-order valence-corrected chi connectivity index (χ3v) is 2.40. The van der Waals surface area contributed by atoms with Crippen LogP contribution in [-0.2, 0) is 6.42 Å². The first-order valence-corrected chi connectivity index (χ1v) is 5.44. The monoisotopic (exact) mass is 250 g/mol. The van der Waals surface area contributed by atoms with Gasteiger partial charge in [0.15, 0.2) is 5.82 Å². The average Bonchev–Trinajstić information content (AvgIpc) is 2.36. The Bertz CT molecular complexity index is 532. The van der Waals surface area contributed by atoms with Gasteiger partial charge >= 0.3 is 0 Å². The molecule has 0 aliphatic carbocycles. The van der Waals surface area contributed by atoms with Crippen LogP contribution in [0.15, 0.2) is 36.5 Å². The Morgan fingerprint density at radius 2 is 2.06 bits per heavy atom. The third-order valence-electron chi connectivity index (χ3n) is 2.40. The summed E-state index contributed by atoms with van der Waals surface area (Å²) in [6.07, 6.45) is 2.21. The number of pyridine rings is 1. The molecule has 1 aromatic carbocycles. The van der Waals surface area contributed by atoms with Gasteiger partial charge in [-0.15, -0.1) is 0 Å². The van der Waals surface area contributed by atoms with Crippen LogP contribution in [0.25, 0.3) is 0 Å². The fourth-order valence-corrected chi connectivity index (χ4v) is 1.49. The molecular weight excluding hydrogens is 238 g/mol. The van der Waals surface area contributed by atoms with E-state index in [1.165, 1.54) is 0 Å². The first-order chi connectivity index (χ1) is 8.66. The van der Waals surface area contributed by atoms with Crippen LogP contribution in [0.2, 0.25) is 0 Å². The van der Waals surface area contributed by atoms with Gasteiger partial charge in [0.05, 0.1) is 6.61 Å². The third kappa shape index (κ3) is 2.94. The van der Waals surface area contributed by atoms with Crippen molar-refractivity contribution in [2.75, 3.05) is 12.3 Å². The highest BCUT2D eigenvalue weighted by Gasteiger charge is 2.09. The van der Waals surface area contributed by atoms with E-state index in [0.717, 1.165) is 17.8 Å². The van der Waals surface area contributed by atoms with Crippen molar-refractivity contribution in [1.82, 2.24) is 4.98 Å². The zero-order valence-electron chi connectivity index (χ0n) is 9.57. The number of ether oxygens (including phenoxy) is 1. The van der Waals surface area contributed by atoms with Crippen LogP contribution in [0.5, 0.6) is 5.75 Å². The van der Waals surface area contributed by atoms with Gasteiger partial charge in [-0.25, -0.2) is 8.78 Å². The molecule has 2 N–H and O–H groups in total. The molecule has 0 saturated carbocycles. The van der Waals surface area contributed by atoms with Crippen molar-refractivity contribution in [2.45, 2.75) is 6.42 Å². The number of nitrogens with two attached hydrogens (primary N) is 1. The Morgan fingerprint density at radius 1 is 1.22 bits per heavy atom. The maximum Gasteiger partial charge on any atom is 0.152 e. The molecule has 0 amide bonds. The number of nitrogens with zero attached hydrogens (tertiary/aromatic N) is 1. The van der Waals surface area contributed by atoms with Crippen molar-refractivity contribution in [3.8, 4) is 5.75 Å². The minimum absolute atomic E-state index is 0.0171. The van der Waals surface area contributed by atoms with Crippen LogP contribution in [0.3, 0.4) is 0 Å². The molecule has 0 aliphatic heterocycles. The Morgan fingerprint density at radius 3 is 2.78 bits per heavy atom. The Labute approximate surface area is 103 Å². The summed E-state index contributed by atoms with van der Waals surface area (Å²) in [5.41, 5.74) is 6.11. The number of halogens is 2. The van der Waals surface area contributed by atoms with Crippen molar-refractivity contribution in [1.29, 1.82) is 0 Å². The molecule has 0 aliphatic rings. The van der Waals surface area contributed by atoms with E-state index >= 15 is 0 Å². The number of benzene rings is 1. The summed E-state index contributed by atoms with van der Waals surface area (Å²) >= 11 is 0. The van der Waals surface area contributed by atoms with E-state index in [-0.39, 0.29) is 18.0 Å². The van der Waals surface area contributed by atoms with E-state index < -0.39 is 11.6 Å². The molecule has 1 heterocycles. The largest absolute Gasteiger partial charge is 0.491 e. The van der Waals surface area contributed by atoms with Gasteiger partial charge in [-0.2, -0.15) is 0 Å². The van der Waals surface area contributed by atoms with Gasteiger partial charge in [0.2, 0.25) is 0 Å². The molecule has 0 spiro atoms. The summed E-state index contributed by atoms with van der Waals surface area (Å²) in [6, 6.07) is 7.31. The zero-order valence-corrected chi connectivity index (χ0v) is 9.57. The van der Waals surface area contributed by atoms with Crippen molar-refractivity contribution in [3.63, 3.8) is 0 Å². The normalized spacial score (nSPS) is 10.3. The molecule has 2 rings (SSSR count). The topological polar surface area (TPSA) is 48.1 Å². The van der Waals surface area contributed by atoms with Crippen LogP contribution < -0.4 is 10.5 Å². The van der Waals surface area contributed by atoms with Crippen molar-refractivity contribution >= 4 is 5.69 Å². The highest BCUT2D eigenvalue weighted by Crippen LogP contribution is 2.25. The lowest BCUT2D eigenvalue weighted by atomic mass is 10.2. The van der Waals surface area contributed by atoms with Gasteiger partial charge in [-0.05, 0) is 12.1 Å². The molecular formula is C13H12F2N2O. The van der Waals surface area contributed by atoms with Gasteiger partial charge in [-0.3, -0.25) is 4.98 Å². The zero-order chi connectivity index (χ0) is 13.0. The highest BCUT2D eigenvalue weighted by atomic mass is 19.1. The number of hydrogen-bond donors (Lipinski definition) is 1. The molecule has 94 valence electrons. The summed E-state index contributed by atoms with van der Waals surface area (Å²) in [5.74, 6) is -1.51. The molecule has 18 heavy (non-hydrogen) atoms. The molecule has 1 aromatic heterocycles. The average molecular weight is 250 g/mol. The molecule has 0 unspecified atom stereocenters. The molecule has 2 aromatic rings. The first-order valence-electron chi connectivity index (χ1n) is 5.44. The molecule has 3 nitrogen and oxygen atoms in total. The maximum absolute atomic E-state index is 13.1. The molecule has 0 atom stereocenters. The Balaban J connectivity index is 1.99. The summed E-state index contributed by atoms with van der Waals surface area (Å²) < 4.78 is 31.4. The number of hydrogen-bond acceptors (Lipinski definition) is 3. The lowest BCUT2D eigenvalue weighted by Gasteiger charge is -2.09. The summed E-state index contributed by atoms with van der Waals surface area (Å²) in [4.78, 5) is 4.11. The quantitative estimate of drug-likeness (QED) is 0.848. The predicted molar refractivity (Wildman–Crippen MR) is 64.2 cm³/mol. The number of anilines is 1. The predicted octanol–water partition coefficient (Wildman–Crippen LogP) is 2.56. The fraction of sp³-hybridized carbons (Fsp3) is 0.154. The smallest absolute Gasteiger partial charge is 0.152 e. The summed E-state index contributed by atoms with van der Waals surface area (Å²) in [6.45, 7) is 0.254. The first kappa shape index (κ1) is 12.3. The van der Waals surface area contributed by atoms with E-state index in [0.29, 0.717) is 6.42 Å². The van der Waals surface area contributed by atoms with Gasteiger partial charge in [-0.1, -0.05) is 6.07 Å². The Hall–Kier alpha value is -2.17. The van der Waals surface area contributed by atoms with E-state index in [9.17, 15) is 8.78 Å². The van der Waals surface area contributed by atoms with Gasteiger partial charge in [0.25, 0.3) is 0 Å². The highest BCUT2D eigenvalue weighted by molar-refractivity contribution is 5.53. The minimum Gasteiger partial charge on any atom is -0.491 e. The second-order valence-corrected chi connectivity index (χ2v) is 3.72. The minimum atomic E-state index is -0.817. The van der Waals surface area contributed by atoms with Crippen molar-refractivity contribution < 1.29 is 13.5 Å². The standard InChI is InChI=1S/C13H12F2N2O/c14-9-7-11(15)13(16)12(8-9)18-6-4-10-3-1-2-5-17-10/h1-3,5,7-8H,4,6,16H2. The van der Waals surface area contributed by atoms with Crippen LogP contribution in [0.1, 0.15) is 5.69 Å². The van der Waals surface area contributed by atoms with Gasteiger partial charge < -0.3 is 10.5 Å². The van der Waals surface area contributed by atoms with Crippen LogP contribution in [-0.4, -0.2) is 11.6 Å². The molecule has 0 radical (unpaired) electrons. The van der Waals surface area contributed by atoms with Crippen LogP contribution in [0, 0.1) is 11.6 Å². The lowest BCUT2D eigenvalue weighted by Crippen LogP contribution is -2.06. The summed E-state index contributed by atoms with van der Waals surface area (Å²) in [7, 11) is 0. The summed E-state index contributed by atoms with van der Waals surface area (Å²) in [5, 5.41) is 0. The van der Waals surface area contributed by atoms with E-state index in [1.54, 1.807) is 6.20 Å². The number of aromatic nitrogens is 1. The van der Waals surface area contributed by atoms with Crippen LogP contribution >= 0.6 is 0 Å². The van der Waals surface area contributed by atoms with Crippen molar-refractivity contribution in [3.05, 3.63) is 53.9 Å². The molecule has 0 fully saturated rings. The lowest BCUT2D eigenvalue weighted by molar-refractivity contribution is 0.319. The van der Waals surface area contributed by atoms with E-state index in [2.05, 4.69) is 4.98 Å². The van der Waals surface area contributed by atoms with Gasteiger partial charge in [0, 0.05) is 30.4 Å². The van der Waals surface area contributed by atoms with Gasteiger partial charge in [0.1, 0.15) is 17.3 Å². The SMILES string of the molecule is Nc1c(F)cc(F)cc1OCCc1ccccn1. The maximum atomic E-state index is 13.1. The molecule has 5 heteroatoms. The van der Waals surface area contributed by atoms with E-state index in [1.807, 2.05) is 18.2 Å². The van der Waals surface area contributed by atoms with Crippen molar-refractivity contribution in [2.24, 2.45) is 0 Å². The number of nitrogen functional groups attached to an aromatic ring is 1. The molecule has 0 bridgehead atoms. The van der Waals surface area contributed by atoms with Crippen LogP contribution in [0.4, 0.5) is 14.5 Å². The Kier molecular flexibility index (Phi) is 3.72.